The minimum absolute atomic E-state index is 0.650. The van der Waals surface area contributed by atoms with Crippen molar-refractivity contribution in [2.75, 3.05) is 13.7 Å². The van der Waals surface area contributed by atoms with Gasteiger partial charge in [0.2, 0.25) is 0 Å². The van der Waals surface area contributed by atoms with E-state index in [2.05, 4.69) is 11.0 Å². The number of rotatable bonds is 5. The van der Waals surface area contributed by atoms with Crippen LogP contribution in [0.1, 0.15) is 37.3 Å². The molecule has 1 aliphatic rings. The number of carboxylic acids is 1. The fourth-order valence-corrected chi connectivity index (χ4v) is 3.22. The Morgan fingerprint density at radius 1 is 1.50 bits per heavy atom. The van der Waals surface area contributed by atoms with Gasteiger partial charge in [-0.1, -0.05) is 19.1 Å². The average Bonchev–Trinajstić information content (AvgIpc) is 2.83. The highest BCUT2D eigenvalue weighted by atomic mass is 16.5. The lowest BCUT2D eigenvalue weighted by atomic mass is 9.92. The van der Waals surface area contributed by atoms with E-state index in [1.807, 2.05) is 26.0 Å². The zero-order valence-corrected chi connectivity index (χ0v) is 12.5. The van der Waals surface area contributed by atoms with Crippen LogP contribution < -0.4 is 4.74 Å². The number of carboxylic acid groups (broad SMARTS) is 1. The Bertz CT molecular complexity index is 500. The maximum Gasteiger partial charge on any atom is 0.324 e. The van der Waals surface area contributed by atoms with Crippen molar-refractivity contribution < 1.29 is 14.6 Å². The van der Waals surface area contributed by atoms with E-state index in [1.54, 1.807) is 7.11 Å². The molecular weight excluding hydrogens is 254 g/mol. The number of carbonyl (C=O) groups is 1. The molecule has 0 aliphatic carbocycles. The van der Waals surface area contributed by atoms with Crippen LogP contribution in [0.5, 0.6) is 5.75 Å². The van der Waals surface area contributed by atoms with Crippen LogP contribution in [-0.2, 0) is 11.3 Å². The summed E-state index contributed by atoms with van der Waals surface area (Å²) in [6, 6.07) is 6.06. The Kier molecular flexibility index (Phi) is 4.33. The molecule has 0 bridgehead atoms. The molecule has 1 unspecified atom stereocenters. The van der Waals surface area contributed by atoms with Crippen molar-refractivity contribution in [3.8, 4) is 5.75 Å². The number of ether oxygens (including phenoxy) is 1. The van der Waals surface area contributed by atoms with E-state index in [0.29, 0.717) is 13.0 Å². The van der Waals surface area contributed by atoms with Crippen molar-refractivity contribution in [1.29, 1.82) is 0 Å². The molecule has 0 amide bonds. The van der Waals surface area contributed by atoms with Crippen molar-refractivity contribution in [3.05, 3.63) is 29.3 Å². The Hall–Kier alpha value is -1.55. The number of methoxy groups -OCH3 is 1. The first-order chi connectivity index (χ1) is 9.53. The molecule has 4 heteroatoms. The summed E-state index contributed by atoms with van der Waals surface area (Å²) in [5.74, 6) is 0.179. The molecule has 1 saturated heterocycles. The van der Waals surface area contributed by atoms with Crippen molar-refractivity contribution in [3.63, 3.8) is 0 Å². The van der Waals surface area contributed by atoms with E-state index in [0.717, 1.165) is 36.3 Å². The Balaban J connectivity index is 2.20. The van der Waals surface area contributed by atoms with Gasteiger partial charge in [-0.05, 0) is 49.9 Å². The number of hydrogen-bond acceptors (Lipinski definition) is 3. The maximum atomic E-state index is 11.7. The minimum Gasteiger partial charge on any atom is -0.496 e. The summed E-state index contributed by atoms with van der Waals surface area (Å²) < 4.78 is 5.26. The van der Waals surface area contributed by atoms with Crippen LogP contribution >= 0.6 is 0 Å². The molecule has 110 valence electrons. The quantitative estimate of drug-likeness (QED) is 0.899. The molecule has 0 aromatic heterocycles. The third kappa shape index (κ3) is 2.52. The molecule has 1 atom stereocenters. The predicted octanol–water partition coefficient (Wildman–Crippen LogP) is 2.83. The summed E-state index contributed by atoms with van der Waals surface area (Å²) in [4.78, 5) is 13.8. The van der Waals surface area contributed by atoms with Gasteiger partial charge in [0.15, 0.2) is 0 Å². The number of likely N-dealkylation sites (tertiary alicyclic amines) is 1. The monoisotopic (exact) mass is 277 g/mol. The highest BCUT2D eigenvalue weighted by molar-refractivity contribution is 5.79. The predicted molar refractivity (Wildman–Crippen MR) is 78.0 cm³/mol. The van der Waals surface area contributed by atoms with Crippen LogP contribution in [0.4, 0.5) is 0 Å². The van der Waals surface area contributed by atoms with E-state index >= 15 is 0 Å². The number of aliphatic carboxylic acids is 1. The number of benzene rings is 1. The molecule has 1 fully saturated rings. The van der Waals surface area contributed by atoms with Gasteiger partial charge in [0.25, 0.3) is 0 Å². The first-order valence-electron chi connectivity index (χ1n) is 7.15. The molecule has 0 spiro atoms. The van der Waals surface area contributed by atoms with Crippen LogP contribution in [0.3, 0.4) is 0 Å². The van der Waals surface area contributed by atoms with Crippen LogP contribution in [0.15, 0.2) is 18.2 Å². The highest BCUT2D eigenvalue weighted by Crippen LogP contribution is 2.34. The molecular formula is C16H23NO3. The zero-order chi connectivity index (χ0) is 14.8. The molecule has 1 aliphatic heterocycles. The lowest BCUT2D eigenvalue weighted by Crippen LogP contribution is -2.49. The van der Waals surface area contributed by atoms with Crippen molar-refractivity contribution in [2.45, 2.75) is 45.2 Å². The minimum atomic E-state index is -0.692. The van der Waals surface area contributed by atoms with Crippen molar-refractivity contribution in [2.24, 2.45) is 0 Å². The van der Waals surface area contributed by atoms with E-state index in [4.69, 9.17) is 4.74 Å². The molecule has 2 rings (SSSR count). The van der Waals surface area contributed by atoms with Crippen LogP contribution in [0.25, 0.3) is 0 Å². The smallest absolute Gasteiger partial charge is 0.324 e. The maximum absolute atomic E-state index is 11.7. The molecule has 4 nitrogen and oxygen atoms in total. The Labute approximate surface area is 120 Å². The lowest BCUT2D eigenvalue weighted by molar-refractivity contribution is -0.150. The van der Waals surface area contributed by atoms with Gasteiger partial charge < -0.3 is 9.84 Å². The fourth-order valence-electron chi connectivity index (χ4n) is 3.22. The summed E-state index contributed by atoms with van der Waals surface area (Å²) in [5.41, 5.74) is 1.54. The van der Waals surface area contributed by atoms with E-state index in [9.17, 15) is 9.90 Å². The third-order valence-electron chi connectivity index (χ3n) is 4.44. The molecule has 0 radical (unpaired) electrons. The number of aryl methyl sites for hydroxylation is 1. The van der Waals surface area contributed by atoms with Gasteiger partial charge in [-0.3, -0.25) is 9.69 Å². The fraction of sp³-hybridized carbons (Fsp3) is 0.562. The average molecular weight is 277 g/mol. The SMILES string of the molecule is CCC1(C(=O)O)CCCN1Cc1ccc(OC)c(C)c1. The molecule has 0 saturated carbocycles. The molecule has 20 heavy (non-hydrogen) atoms. The van der Waals surface area contributed by atoms with E-state index in [-0.39, 0.29) is 0 Å². The Morgan fingerprint density at radius 3 is 2.80 bits per heavy atom. The second-order valence-electron chi connectivity index (χ2n) is 5.52. The van der Waals surface area contributed by atoms with Gasteiger partial charge >= 0.3 is 5.97 Å². The van der Waals surface area contributed by atoms with Gasteiger partial charge in [-0.15, -0.1) is 0 Å². The van der Waals surface area contributed by atoms with Crippen molar-refractivity contribution in [1.82, 2.24) is 4.90 Å². The molecule has 1 heterocycles. The van der Waals surface area contributed by atoms with Gasteiger partial charge in [0.05, 0.1) is 7.11 Å². The highest BCUT2D eigenvalue weighted by Gasteiger charge is 2.45. The van der Waals surface area contributed by atoms with Crippen LogP contribution in [0, 0.1) is 6.92 Å². The van der Waals surface area contributed by atoms with Gasteiger partial charge in [0.1, 0.15) is 11.3 Å². The standard InChI is InChI=1S/C16H23NO3/c1-4-16(15(18)19)8-5-9-17(16)11-13-6-7-14(20-3)12(2)10-13/h6-7,10H,4-5,8-9,11H2,1-3H3,(H,18,19). The third-order valence-corrected chi connectivity index (χ3v) is 4.44. The number of nitrogens with zero attached hydrogens (tertiary/aromatic N) is 1. The van der Waals surface area contributed by atoms with E-state index < -0.39 is 11.5 Å². The molecule has 1 aromatic carbocycles. The normalized spacial score (nSPS) is 22.9. The second-order valence-corrected chi connectivity index (χ2v) is 5.52. The van der Waals surface area contributed by atoms with Gasteiger partial charge in [-0.2, -0.15) is 0 Å². The topological polar surface area (TPSA) is 49.8 Å². The van der Waals surface area contributed by atoms with E-state index in [1.165, 1.54) is 0 Å². The van der Waals surface area contributed by atoms with Crippen molar-refractivity contribution >= 4 is 5.97 Å². The van der Waals surface area contributed by atoms with Gasteiger partial charge in [-0.25, -0.2) is 0 Å². The first kappa shape index (κ1) is 14.9. The molecule has 1 N–H and O–H groups in total. The first-order valence-corrected chi connectivity index (χ1v) is 7.15. The summed E-state index contributed by atoms with van der Waals surface area (Å²) >= 11 is 0. The largest absolute Gasteiger partial charge is 0.496 e. The summed E-state index contributed by atoms with van der Waals surface area (Å²) in [6.07, 6.45) is 2.35. The summed E-state index contributed by atoms with van der Waals surface area (Å²) in [6.45, 7) is 5.51. The molecule has 1 aromatic rings. The second kappa shape index (κ2) is 5.83. The zero-order valence-electron chi connectivity index (χ0n) is 12.5. The summed E-state index contributed by atoms with van der Waals surface area (Å²) in [5, 5.41) is 9.59. The van der Waals surface area contributed by atoms with Crippen LogP contribution in [-0.4, -0.2) is 35.2 Å². The Morgan fingerprint density at radius 2 is 2.25 bits per heavy atom. The van der Waals surface area contributed by atoms with Crippen LogP contribution in [0.2, 0.25) is 0 Å². The summed E-state index contributed by atoms with van der Waals surface area (Å²) in [7, 11) is 1.66. The van der Waals surface area contributed by atoms with Gasteiger partial charge in [0, 0.05) is 6.54 Å². The lowest BCUT2D eigenvalue weighted by Gasteiger charge is -2.34. The number of hydrogen-bond donors (Lipinski definition) is 1.